The number of aliphatic hydroxyl groups excluding tert-OH is 1. The number of aliphatic carboxylic acids is 1. The van der Waals surface area contributed by atoms with Gasteiger partial charge in [-0.05, 0) is 50.9 Å². The minimum atomic E-state index is -0.881. The van der Waals surface area contributed by atoms with E-state index in [1.54, 1.807) is 6.92 Å². The highest BCUT2D eigenvalue weighted by Gasteiger charge is 2.22. The number of hydrogen-bond donors (Lipinski definition) is 2. The Morgan fingerprint density at radius 3 is 2.78 bits per heavy atom. The molecule has 0 amide bonds. The molecule has 0 saturated heterocycles. The molecule has 0 aromatic heterocycles. The van der Waals surface area contributed by atoms with Gasteiger partial charge in [-0.15, -0.1) is 0 Å². The summed E-state index contributed by atoms with van der Waals surface area (Å²) in [5.41, 5.74) is 1.69. The van der Waals surface area contributed by atoms with Crippen LogP contribution in [0.25, 0.3) is 0 Å². The molecule has 3 atom stereocenters. The standard InChI is InChI=1S/C15H24O3/c1-10-4-6-14(12(3)15(17)18)9-8-13(10)7-5-11(2)16/h8,10-11,14,16H,3-7,9H2,1-2H3,(H,17,18)/t10-,11?,14+/m0/s1. The Balaban J connectivity index is 2.64. The van der Waals surface area contributed by atoms with Crippen molar-refractivity contribution < 1.29 is 15.0 Å². The Labute approximate surface area is 109 Å². The Kier molecular flexibility index (Phi) is 5.60. The van der Waals surface area contributed by atoms with E-state index in [-0.39, 0.29) is 12.0 Å². The van der Waals surface area contributed by atoms with E-state index in [0.717, 1.165) is 32.1 Å². The third-order valence-corrected chi connectivity index (χ3v) is 3.86. The molecular weight excluding hydrogens is 228 g/mol. The molecule has 0 aromatic carbocycles. The fourth-order valence-corrected chi connectivity index (χ4v) is 2.46. The van der Waals surface area contributed by atoms with Crippen LogP contribution in [-0.2, 0) is 4.79 Å². The molecule has 0 aromatic rings. The summed E-state index contributed by atoms with van der Waals surface area (Å²) in [6.45, 7) is 7.66. The van der Waals surface area contributed by atoms with Gasteiger partial charge in [0, 0.05) is 5.57 Å². The van der Waals surface area contributed by atoms with Gasteiger partial charge in [-0.2, -0.15) is 0 Å². The fourth-order valence-electron chi connectivity index (χ4n) is 2.46. The van der Waals surface area contributed by atoms with Crippen molar-refractivity contribution in [1.29, 1.82) is 0 Å². The highest BCUT2D eigenvalue weighted by atomic mass is 16.4. The summed E-state index contributed by atoms with van der Waals surface area (Å²) in [5.74, 6) is -0.335. The summed E-state index contributed by atoms with van der Waals surface area (Å²) in [7, 11) is 0. The second-order valence-corrected chi connectivity index (χ2v) is 5.41. The van der Waals surface area contributed by atoms with Crippen LogP contribution in [0.3, 0.4) is 0 Å². The molecule has 0 aliphatic heterocycles. The molecule has 1 aliphatic rings. The summed E-state index contributed by atoms with van der Waals surface area (Å²) >= 11 is 0. The summed E-state index contributed by atoms with van der Waals surface area (Å²) in [5, 5.41) is 18.3. The SMILES string of the molecule is C=C(C(=O)O)[C@H]1CC=C(CCC(C)O)[C@@H](C)CC1. The van der Waals surface area contributed by atoms with Crippen molar-refractivity contribution in [2.75, 3.05) is 0 Å². The highest BCUT2D eigenvalue weighted by molar-refractivity contribution is 5.86. The van der Waals surface area contributed by atoms with Crippen molar-refractivity contribution >= 4 is 5.97 Å². The monoisotopic (exact) mass is 252 g/mol. The van der Waals surface area contributed by atoms with Crippen LogP contribution in [0, 0.1) is 11.8 Å². The molecule has 0 radical (unpaired) electrons. The number of carboxylic acid groups (broad SMARTS) is 1. The van der Waals surface area contributed by atoms with Crippen molar-refractivity contribution in [2.45, 2.75) is 52.1 Å². The van der Waals surface area contributed by atoms with Gasteiger partial charge in [-0.3, -0.25) is 0 Å². The van der Waals surface area contributed by atoms with Crippen molar-refractivity contribution in [3.63, 3.8) is 0 Å². The van der Waals surface area contributed by atoms with Crippen molar-refractivity contribution in [3.05, 3.63) is 23.8 Å². The maximum absolute atomic E-state index is 10.9. The molecule has 0 fully saturated rings. The molecule has 1 aliphatic carbocycles. The smallest absolute Gasteiger partial charge is 0.331 e. The topological polar surface area (TPSA) is 57.5 Å². The first-order valence-corrected chi connectivity index (χ1v) is 6.71. The van der Waals surface area contributed by atoms with E-state index >= 15 is 0 Å². The van der Waals surface area contributed by atoms with Gasteiger partial charge in [0.25, 0.3) is 0 Å². The van der Waals surface area contributed by atoms with Crippen LogP contribution in [0.2, 0.25) is 0 Å². The van der Waals surface area contributed by atoms with Gasteiger partial charge in [0.2, 0.25) is 0 Å². The van der Waals surface area contributed by atoms with Gasteiger partial charge in [-0.25, -0.2) is 4.79 Å². The Morgan fingerprint density at radius 1 is 1.56 bits per heavy atom. The van der Waals surface area contributed by atoms with Crippen molar-refractivity contribution in [3.8, 4) is 0 Å². The van der Waals surface area contributed by atoms with E-state index in [1.165, 1.54) is 5.57 Å². The Hall–Kier alpha value is -1.09. The van der Waals surface area contributed by atoms with Gasteiger partial charge in [0.1, 0.15) is 0 Å². The maximum Gasteiger partial charge on any atom is 0.331 e. The van der Waals surface area contributed by atoms with Crippen LogP contribution < -0.4 is 0 Å². The first kappa shape index (κ1) is 15.0. The molecule has 18 heavy (non-hydrogen) atoms. The average Bonchev–Trinajstić information content (AvgIpc) is 2.48. The van der Waals surface area contributed by atoms with Crippen molar-refractivity contribution in [1.82, 2.24) is 0 Å². The minimum absolute atomic E-state index is 0.0639. The second kappa shape index (κ2) is 6.74. The third-order valence-electron chi connectivity index (χ3n) is 3.86. The Bertz CT molecular complexity index is 342. The molecule has 3 nitrogen and oxygen atoms in total. The van der Waals surface area contributed by atoms with Crippen LogP contribution in [0.15, 0.2) is 23.8 Å². The predicted octanol–water partition coefficient (Wildman–Crippen LogP) is 3.15. The summed E-state index contributed by atoms with van der Waals surface area (Å²) < 4.78 is 0. The lowest BCUT2D eigenvalue weighted by atomic mass is 9.90. The van der Waals surface area contributed by atoms with Crippen LogP contribution in [0.1, 0.15) is 46.0 Å². The van der Waals surface area contributed by atoms with E-state index in [9.17, 15) is 9.90 Å². The van der Waals surface area contributed by atoms with E-state index in [4.69, 9.17) is 5.11 Å². The van der Waals surface area contributed by atoms with E-state index < -0.39 is 5.97 Å². The molecular formula is C15H24O3. The zero-order chi connectivity index (χ0) is 13.7. The molecule has 1 rings (SSSR count). The highest BCUT2D eigenvalue weighted by Crippen LogP contribution is 2.32. The lowest BCUT2D eigenvalue weighted by molar-refractivity contribution is -0.133. The van der Waals surface area contributed by atoms with Crippen molar-refractivity contribution in [2.24, 2.45) is 11.8 Å². The molecule has 0 saturated carbocycles. The molecule has 102 valence electrons. The van der Waals surface area contributed by atoms with E-state index in [1.807, 2.05) is 0 Å². The van der Waals surface area contributed by atoms with Crippen LogP contribution in [0.5, 0.6) is 0 Å². The number of hydrogen-bond acceptors (Lipinski definition) is 2. The average molecular weight is 252 g/mol. The van der Waals surface area contributed by atoms with Gasteiger partial charge in [0.05, 0.1) is 6.10 Å². The lowest BCUT2D eigenvalue weighted by Gasteiger charge is -2.15. The summed E-state index contributed by atoms with van der Waals surface area (Å²) in [4.78, 5) is 10.9. The van der Waals surface area contributed by atoms with Crippen LogP contribution in [0.4, 0.5) is 0 Å². The van der Waals surface area contributed by atoms with Crippen LogP contribution in [-0.4, -0.2) is 22.3 Å². The fraction of sp³-hybridized carbons (Fsp3) is 0.667. The minimum Gasteiger partial charge on any atom is -0.478 e. The summed E-state index contributed by atoms with van der Waals surface area (Å²) in [6.07, 6.45) is 6.24. The van der Waals surface area contributed by atoms with Crippen LogP contribution >= 0.6 is 0 Å². The van der Waals surface area contributed by atoms with Gasteiger partial charge in [-0.1, -0.05) is 25.2 Å². The normalized spacial score (nSPS) is 26.1. The molecule has 1 unspecified atom stereocenters. The molecule has 3 heteroatoms. The zero-order valence-electron chi connectivity index (χ0n) is 11.4. The maximum atomic E-state index is 10.9. The molecule has 0 heterocycles. The quantitative estimate of drug-likeness (QED) is 0.583. The molecule has 0 bridgehead atoms. The largest absolute Gasteiger partial charge is 0.478 e. The third kappa shape index (κ3) is 4.30. The first-order chi connectivity index (χ1) is 8.41. The zero-order valence-corrected chi connectivity index (χ0v) is 11.4. The Morgan fingerprint density at radius 2 is 2.22 bits per heavy atom. The number of carbonyl (C=O) groups is 1. The number of rotatable bonds is 5. The predicted molar refractivity (Wildman–Crippen MR) is 72.3 cm³/mol. The number of aliphatic hydroxyl groups is 1. The lowest BCUT2D eigenvalue weighted by Crippen LogP contribution is -2.11. The number of allylic oxidation sites excluding steroid dienone is 2. The number of carboxylic acids is 1. The molecule has 2 N–H and O–H groups in total. The van der Waals surface area contributed by atoms with Gasteiger partial charge >= 0.3 is 5.97 Å². The van der Waals surface area contributed by atoms with Gasteiger partial charge in [0.15, 0.2) is 0 Å². The second-order valence-electron chi connectivity index (χ2n) is 5.41. The summed E-state index contributed by atoms with van der Waals surface area (Å²) in [6, 6.07) is 0. The van der Waals surface area contributed by atoms with Gasteiger partial charge < -0.3 is 10.2 Å². The first-order valence-electron chi connectivity index (χ1n) is 6.71. The van der Waals surface area contributed by atoms with E-state index in [2.05, 4.69) is 19.6 Å². The van der Waals surface area contributed by atoms with E-state index in [0.29, 0.717) is 11.5 Å². The molecule has 0 spiro atoms.